The van der Waals surface area contributed by atoms with Crippen LogP contribution in [-0.2, 0) is 10.9 Å². The molecular weight excluding hydrogens is 397 g/mol. The van der Waals surface area contributed by atoms with E-state index >= 15 is 0 Å². The maximum Gasteiger partial charge on any atom is 0.418 e. The van der Waals surface area contributed by atoms with Gasteiger partial charge < -0.3 is 4.74 Å². The van der Waals surface area contributed by atoms with Gasteiger partial charge in [-0.1, -0.05) is 48.5 Å². The summed E-state index contributed by atoms with van der Waals surface area (Å²) in [4.78, 5) is 24.5. The van der Waals surface area contributed by atoms with Crippen molar-refractivity contribution in [3.63, 3.8) is 0 Å². The molecule has 3 rings (SSSR count). The summed E-state index contributed by atoms with van der Waals surface area (Å²) < 4.78 is 46.0. The molecule has 0 aliphatic rings. The van der Waals surface area contributed by atoms with E-state index in [1.807, 2.05) is 30.3 Å². The monoisotopic (exact) mass is 414 g/mol. The Morgan fingerprint density at radius 1 is 1.10 bits per heavy atom. The normalized spacial score (nSPS) is 11.6. The quantitative estimate of drug-likeness (QED) is 0.580. The molecule has 0 unspecified atom stereocenters. The number of carbonyl (C=O) groups is 1. The molecule has 0 aliphatic carbocycles. The van der Waals surface area contributed by atoms with Gasteiger partial charge in [-0.15, -0.1) is 0 Å². The van der Waals surface area contributed by atoms with Crippen LogP contribution in [0.1, 0.15) is 27.3 Å². The molecule has 0 spiro atoms. The SMILES string of the molecule is Cc1cc(=O)c(C(=O)OC/C=C/c2ccccc2)nn1-c1ccccc1C(F)(F)F. The van der Waals surface area contributed by atoms with Gasteiger partial charge in [0.05, 0.1) is 11.3 Å². The van der Waals surface area contributed by atoms with E-state index in [1.54, 1.807) is 12.2 Å². The molecule has 1 heterocycles. The third-order valence-electron chi connectivity index (χ3n) is 4.16. The second kappa shape index (κ2) is 8.77. The fourth-order valence-electron chi connectivity index (χ4n) is 2.77. The molecule has 0 fully saturated rings. The van der Waals surface area contributed by atoms with E-state index < -0.39 is 28.8 Å². The number of para-hydroxylation sites is 1. The number of benzene rings is 2. The van der Waals surface area contributed by atoms with Gasteiger partial charge in [-0.25, -0.2) is 9.48 Å². The largest absolute Gasteiger partial charge is 0.457 e. The summed E-state index contributed by atoms with van der Waals surface area (Å²) in [6.45, 7) is 1.31. The summed E-state index contributed by atoms with van der Waals surface area (Å²) in [6, 6.07) is 15.1. The molecule has 0 saturated heterocycles. The van der Waals surface area contributed by atoms with Crippen LogP contribution in [0.3, 0.4) is 0 Å². The van der Waals surface area contributed by atoms with Crippen LogP contribution in [-0.4, -0.2) is 22.4 Å². The highest BCUT2D eigenvalue weighted by Crippen LogP contribution is 2.33. The van der Waals surface area contributed by atoms with Crippen LogP contribution in [0.5, 0.6) is 0 Å². The topological polar surface area (TPSA) is 61.2 Å². The number of rotatable bonds is 5. The van der Waals surface area contributed by atoms with Crippen LogP contribution in [0.4, 0.5) is 13.2 Å². The minimum atomic E-state index is -4.63. The van der Waals surface area contributed by atoms with E-state index in [0.717, 1.165) is 22.4 Å². The number of carbonyl (C=O) groups excluding carboxylic acids is 1. The second-order valence-corrected chi connectivity index (χ2v) is 6.34. The number of hydrogen-bond acceptors (Lipinski definition) is 4. The van der Waals surface area contributed by atoms with Crippen LogP contribution in [0.25, 0.3) is 11.8 Å². The van der Waals surface area contributed by atoms with E-state index in [9.17, 15) is 22.8 Å². The zero-order valence-corrected chi connectivity index (χ0v) is 15.9. The number of alkyl halides is 3. The Balaban J connectivity index is 1.86. The Morgan fingerprint density at radius 2 is 1.77 bits per heavy atom. The summed E-state index contributed by atoms with van der Waals surface area (Å²) >= 11 is 0. The highest BCUT2D eigenvalue weighted by atomic mass is 19.4. The van der Waals surface area contributed by atoms with Gasteiger partial charge in [-0.2, -0.15) is 18.3 Å². The fraction of sp³-hybridized carbons (Fsp3) is 0.136. The lowest BCUT2D eigenvalue weighted by Crippen LogP contribution is -2.25. The molecule has 0 amide bonds. The third kappa shape index (κ3) is 4.83. The number of halogens is 3. The Morgan fingerprint density at radius 3 is 2.47 bits per heavy atom. The van der Waals surface area contributed by atoms with Gasteiger partial charge in [0.1, 0.15) is 6.61 Å². The van der Waals surface area contributed by atoms with Crippen molar-refractivity contribution >= 4 is 12.0 Å². The molecule has 30 heavy (non-hydrogen) atoms. The minimum Gasteiger partial charge on any atom is -0.457 e. The van der Waals surface area contributed by atoms with Crippen LogP contribution in [0.15, 0.2) is 71.5 Å². The first kappa shape index (κ1) is 21.0. The number of nitrogens with zero attached hydrogens (tertiary/aromatic N) is 2. The molecule has 0 radical (unpaired) electrons. The van der Waals surface area contributed by atoms with Crippen molar-refractivity contribution in [2.24, 2.45) is 0 Å². The first-order valence-corrected chi connectivity index (χ1v) is 8.93. The standard InChI is InChI=1S/C22H17F3N2O3/c1-15-14-19(28)20(21(29)30-13-7-10-16-8-3-2-4-9-16)26-27(15)18-12-6-5-11-17(18)22(23,24)25/h2-12,14H,13H2,1H3/b10-7+. The Hall–Kier alpha value is -3.68. The number of esters is 1. The van der Waals surface area contributed by atoms with Crippen molar-refractivity contribution in [1.82, 2.24) is 9.78 Å². The molecule has 1 aromatic heterocycles. The van der Waals surface area contributed by atoms with Gasteiger partial charge in [-0.05, 0) is 30.7 Å². The van der Waals surface area contributed by atoms with E-state index in [4.69, 9.17) is 4.74 Å². The fourth-order valence-corrected chi connectivity index (χ4v) is 2.77. The molecule has 8 heteroatoms. The predicted molar refractivity (Wildman–Crippen MR) is 105 cm³/mol. The van der Waals surface area contributed by atoms with Crippen LogP contribution in [0.2, 0.25) is 0 Å². The van der Waals surface area contributed by atoms with Crippen molar-refractivity contribution in [1.29, 1.82) is 0 Å². The average Bonchev–Trinajstić information content (AvgIpc) is 2.71. The molecule has 0 N–H and O–H groups in total. The first-order chi connectivity index (χ1) is 14.3. The van der Waals surface area contributed by atoms with E-state index in [1.165, 1.54) is 25.1 Å². The lowest BCUT2D eigenvalue weighted by molar-refractivity contribution is -0.137. The number of aryl methyl sites for hydroxylation is 1. The Labute approximate surface area is 170 Å². The summed E-state index contributed by atoms with van der Waals surface area (Å²) in [6.07, 6.45) is -1.32. The molecular formula is C22H17F3N2O3. The molecule has 0 atom stereocenters. The second-order valence-electron chi connectivity index (χ2n) is 6.34. The smallest absolute Gasteiger partial charge is 0.418 e. The van der Waals surface area contributed by atoms with E-state index in [-0.39, 0.29) is 18.0 Å². The maximum absolute atomic E-state index is 13.3. The highest BCUT2D eigenvalue weighted by Gasteiger charge is 2.34. The zero-order valence-electron chi connectivity index (χ0n) is 15.9. The summed E-state index contributed by atoms with van der Waals surface area (Å²) in [5.41, 5.74) is -1.50. The highest BCUT2D eigenvalue weighted by molar-refractivity contribution is 5.87. The lowest BCUT2D eigenvalue weighted by atomic mass is 10.1. The van der Waals surface area contributed by atoms with Gasteiger partial charge in [0, 0.05) is 11.8 Å². The zero-order chi connectivity index (χ0) is 21.7. The van der Waals surface area contributed by atoms with Gasteiger partial charge in [0.15, 0.2) is 0 Å². The van der Waals surface area contributed by atoms with Gasteiger partial charge in [0.2, 0.25) is 11.1 Å². The molecule has 154 valence electrons. The van der Waals surface area contributed by atoms with Crippen molar-refractivity contribution < 1.29 is 22.7 Å². The van der Waals surface area contributed by atoms with Crippen molar-refractivity contribution in [3.05, 3.63) is 99.5 Å². The molecule has 5 nitrogen and oxygen atoms in total. The molecule has 2 aromatic carbocycles. The number of hydrogen-bond donors (Lipinski definition) is 0. The molecule has 0 saturated carbocycles. The number of ether oxygens (including phenoxy) is 1. The maximum atomic E-state index is 13.3. The van der Waals surface area contributed by atoms with Gasteiger partial charge >= 0.3 is 12.1 Å². The van der Waals surface area contributed by atoms with Crippen molar-refractivity contribution in [2.75, 3.05) is 6.61 Å². The predicted octanol–water partition coefficient (Wildman–Crippen LogP) is 4.43. The number of aromatic nitrogens is 2. The first-order valence-electron chi connectivity index (χ1n) is 8.93. The molecule has 0 bridgehead atoms. The third-order valence-corrected chi connectivity index (χ3v) is 4.16. The van der Waals surface area contributed by atoms with Gasteiger partial charge in [-0.3, -0.25) is 4.79 Å². The summed E-state index contributed by atoms with van der Waals surface area (Å²) in [5, 5.41) is 3.86. The van der Waals surface area contributed by atoms with Crippen molar-refractivity contribution in [3.8, 4) is 5.69 Å². The van der Waals surface area contributed by atoms with Crippen molar-refractivity contribution in [2.45, 2.75) is 13.1 Å². The minimum absolute atomic E-state index is 0.123. The Bertz CT molecular complexity index is 1140. The summed E-state index contributed by atoms with van der Waals surface area (Å²) in [5.74, 6) is -1.02. The lowest BCUT2D eigenvalue weighted by Gasteiger charge is -2.16. The summed E-state index contributed by atoms with van der Waals surface area (Å²) in [7, 11) is 0. The Kier molecular flexibility index (Phi) is 6.15. The van der Waals surface area contributed by atoms with Crippen LogP contribution >= 0.6 is 0 Å². The van der Waals surface area contributed by atoms with E-state index in [0.29, 0.717) is 0 Å². The average molecular weight is 414 g/mol. The molecule has 0 aliphatic heterocycles. The van der Waals surface area contributed by atoms with Crippen LogP contribution < -0.4 is 5.43 Å². The molecule has 3 aromatic rings. The van der Waals surface area contributed by atoms with E-state index in [2.05, 4.69) is 5.10 Å². The van der Waals surface area contributed by atoms with Gasteiger partial charge in [0.25, 0.3) is 0 Å². The van der Waals surface area contributed by atoms with Crippen LogP contribution in [0, 0.1) is 6.92 Å².